The lowest BCUT2D eigenvalue weighted by atomic mass is 10.1. The first-order valence-electron chi connectivity index (χ1n) is 8.26. The van der Waals surface area contributed by atoms with Crippen molar-refractivity contribution in [3.05, 3.63) is 89.2 Å². The Kier molecular flexibility index (Phi) is 6.10. The Hall–Kier alpha value is -2.56. The number of rotatable bonds is 7. The number of halogens is 2. The van der Waals surface area contributed by atoms with Crippen LogP contribution in [0.25, 0.3) is 0 Å². The summed E-state index contributed by atoms with van der Waals surface area (Å²) in [6.45, 7) is 0.240. The fraction of sp³-hybridized carbons (Fsp3) is 0.143. The molecule has 0 heterocycles. The van der Waals surface area contributed by atoms with E-state index in [0.717, 1.165) is 5.56 Å². The van der Waals surface area contributed by atoms with Gasteiger partial charge in [0.15, 0.2) is 11.6 Å². The van der Waals surface area contributed by atoms with E-state index in [1.165, 1.54) is 6.07 Å². The first-order chi connectivity index (χ1) is 12.6. The molecule has 3 rings (SSSR count). The summed E-state index contributed by atoms with van der Waals surface area (Å²) in [7, 11) is 0. The van der Waals surface area contributed by atoms with Gasteiger partial charge in [-0.05, 0) is 42.3 Å². The Morgan fingerprint density at radius 2 is 1.73 bits per heavy atom. The third kappa shape index (κ3) is 4.97. The molecule has 3 aromatic rings. The molecule has 0 aliphatic rings. The second-order valence-corrected chi connectivity index (χ2v) is 6.32. The molecule has 26 heavy (non-hydrogen) atoms. The quantitative estimate of drug-likeness (QED) is 0.619. The average molecular weight is 372 g/mol. The average Bonchev–Trinajstić information content (AvgIpc) is 2.63. The maximum Gasteiger partial charge on any atom is 0.204 e. The van der Waals surface area contributed by atoms with Crippen LogP contribution in [0.4, 0.5) is 4.39 Å². The Morgan fingerprint density at radius 1 is 0.962 bits per heavy atom. The van der Waals surface area contributed by atoms with Gasteiger partial charge in [0.2, 0.25) is 5.75 Å². The summed E-state index contributed by atoms with van der Waals surface area (Å²) >= 11 is 5.95. The lowest BCUT2D eigenvalue weighted by Gasteiger charge is -2.16. The minimum atomic E-state index is -0.515. The van der Waals surface area contributed by atoms with Crippen LogP contribution in [0.2, 0.25) is 5.02 Å². The molecule has 134 valence electrons. The zero-order valence-electron chi connectivity index (χ0n) is 14.1. The van der Waals surface area contributed by atoms with Gasteiger partial charge in [-0.15, -0.1) is 0 Å². The minimum absolute atomic E-state index is 0.0154. The van der Waals surface area contributed by atoms with Crippen molar-refractivity contribution < 1.29 is 13.9 Å². The van der Waals surface area contributed by atoms with E-state index in [1.807, 2.05) is 30.3 Å². The SMILES string of the molecule is N[C@H](COc1cccc(F)c1Oc1cccc(Cl)c1)Cc1ccccc1. The largest absolute Gasteiger partial charge is 0.488 e. The molecule has 0 aliphatic heterocycles. The summed E-state index contributed by atoms with van der Waals surface area (Å²) in [5, 5.41) is 0.506. The van der Waals surface area contributed by atoms with E-state index in [9.17, 15) is 4.39 Å². The van der Waals surface area contributed by atoms with Crippen molar-refractivity contribution in [2.45, 2.75) is 12.5 Å². The summed E-state index contributed by atoms with van der Waals surface area (Å²) in [4.78, 5) is 0. The summed E-state index contributed by atoms with van der Waals surface area (Å²) in [5.41, 5.74) is 7.26. The van der Waals surface area contributed by atoms with E-state index in [-0.39, 0.29) is 18.4 Å². The highest BCUT2D eigenvalue weighted by atomic mass is 35.5. The van der Waals surface area contributed by atoms with Crippen LogP contribution in [-0.4, -0.2) is 12.6 Å². The molecular weight excluding hydrogens is 353 g/mol. The Labute approximate surface area is 157 Å². The number of hydrogen-bond donors (Lipinski definition) is 1. The first-order valence-corrected chi connectivity index (χ1v) is 8.64. The van der Waals surface area contributed by atoms with Gasteiger partial charge in [-0.2, -0.15) is 0 Å². The van der Waals surface area contributed by atoms with E-state index < -0.39 is 5.82 Å². The molecule has 2 N–H and O–H groups in total. The number of ether oxygens (including phenoxy) is 2. The monoisotopic (exact) mass is 371 g/mol. The van der Waals surface area contributed by atoms with Gasteiger partial charge in [-0.25, -0.2) is 4.39 Å². The van der Waals surface area contributed by atoms with Crippen LogP contribution >= 0.6 is 11.6 Å². The molecule has 5 heteroatoms. The molecule has 3 aromatic carbocycles. The first kappa shape index (κ1) is 18.2. The maximum absolute atomic E-state index is 14.2. The van der Waals surface area contributed by atoms with Gasteiger partial charge in [0.05, 0.1) is 0 Å². The standard InChI is InChI=1S/C21H19ClFNO2/c22-16-8-4-9-18(13-16)26-21-19(23)10-5-11-20(21)25-14-17(24)12-15-6-2-1-3-7-15/h1-11,13,17H,12,14,24H2/t17-/m0/s1. The number of hydrogen-bond acceptors (Lipinski definition) is 3. The molecule has 1 atom stereocenters. The molecule has 0 aliphatic carbocycles. The molecule has 0 saturated carbocycles. The van der Waals surface area contributed by atoms with Gasteiger partial charge in [-0.3, -0.25) is 0 Å². The Bertz CT molecular complexity index is 858. The van der Waals surface area contributed by atoms with Crippen molar-refractivity contribution in [1.29, 1.82) is 0 Å². The van der Waals surface area contributed by atoms with E-state index in [0.29, 0.717) is 22.9 Å². The summed E-state index contributed by atoms with van der Waals surface area (Å²) in [6, 6.07) is 21.0. The van der Waals surface area contributed by atoms with Crippen molar-refractivity contribution in [3.63, 3.8) is 0 Å². The fourth-order valence-electron chi connectivity index (χ4n) is 2.52. The van der Waals surface area contributed by atoms with E-state index >= 15 is 0 Å². The third-order valence-corrected chi connectivity index (χ3v) is 3.98. The van der Waals surface area contributed by atoms with Crippen LogP contribution < -0.4 is 15.2 Å². The van der Waals surface area contributed by atoms with Crippen molar-refractivity contribution in [1.82, 2.24) is 0 Å². The zero-order valence-corrected chi connectivity index (χ0v) is 14.8. The molecule has 0 aromatic heterocycles. The second-order valence-electron chi connectivity index (χ2n) is 5.89. The van der Waals surface area contributed by atoms with Crippen LogP contribution in [-0.2, 0) is 6.42 Å². The van der Waals surface area contributed by atoms with Crippen LogP contribution in [0.15, 0.2) is 72.8 Å². The molecule has 3 nitrogen and oxygen atoms in total. The Morgan fingerprint density at radius 3 is 2.50 bits per heavy atom. The summed E-state index contributed by atoms with van der Waals surface area (Å²) < 4.78 is 25.6. The van der Waals surface area contributed by atoms with Gasteiger partial charge >= 0.3 is 0 Å². The second kappa shape index (κ2) is 8.70. The topological polar surface area (TPSA) is 44.5 Å². The van der Waals surface area contributed by atoms with Crippen molar-refractivity contribution in [2.24, 2.45) is 5.73 Å². The van der Waals surface area contributed by atoms with Crippen LogP contribution in [0.5, 0.6) is 17.2 Å². The molecule has 0 spiro atoms. The normalized spacial score (nSPS) is 11.8. The maximum atomic E-state index is 14.2. The van der Waals surface area contributed by atoms with E-state index in [2.05, 4.69) is 0 Å². The number of para-hydroxylation sites is 1. The molecular formula is C21H19ClFNO2. The lowest BCUT2D eigenvalue weighted by Crippen LogP contribution is -2.30. The summed E-state index contributed by atoms with van der Waals surface area (Å²) in [6.07, 6.45) is 0.667. The molecule has 0 amide bonds. The van der Waals surface area contributed by atoms with Gasteiger partial charge in [0, 0.05) is 11.1 Å². The highest BCUT2D eigenvalue weighted by Gasteiger charge is 2.14. The van der Waals surface area contributed by atoms with Crippen LogP contribution in [0.1, 0.15) is 5.56 Å². The van der Waals surface area contributed by atoms with Gasteiger partial charge in [0.25, 0.3) is 0 Å². The van der Waals surface area contributed by atoms with Gasteiger partial charge in [0.1, 0.15) is 12.4 Å². The van der Waals surface area contributed by atoms with Gasteiger partial charge < -0.3 is 15.2 Å². The van der Waals surface area contributed by atoms with E-state index in [4.69, 9.17) is 26.8 Å². The lowest BCUT2D eigenvalue weighted by molar-refractivity contribution is 0.272. The molecule has 0 unspecified atom stereocenters. The molecule has 0 radical (unpaired) electrons. The zero-order chi connectivity index (χ0) is 18.4. The fourth-order valence-corrected chi connectivity index (χ4v) is 2.70. The molecule has 0 saturated heterocycles. The molecule has 0 bridgehead atoms. The predicted octanol–water partition coefficient (Wildman–Crippen LogP) is 5.22. The Balaban J connectivity index is 1.69. The van der Waals surface area contributed by atoms with Crippen molar-refractivity contribution in [3.8, 4) is 17.2 Å². The van der Waals surface area contributed by atoms with Gasteiger partial charge in [-0.1, -0.05) is 54.1 Å². The van der Waals surface area contributed by atoms with E-state index in [1.54, 1.807) is 36.4 Å². The highest BCUT2D eigenvalue weighted by molar-refractivity contribution is 6.30. The smallest absolute Gasteiger partial charge is 0.204 e. The summed E-state index contributed by atoms with van der Waals surface area (Å²) in [5.74, 6) is 0.232. The van der Waals surface area contributed by atoms with Crippen LogP contribution in [0.3, 0.4) is 0 Å². The highest BCUT2D eigenvalue weighted by Crippen LogP contribution is 2.35. The van der Waals surface area contributed by atoms with Crippen LogP contribution in [0, 0.1) is 5.82 Å². The van der Waals surface area contributed by atoms with Crippen molar-refractivity contribution in [2.75, 3.05) is 6.61 Å². The number of nitrogens with two attached hydrogens (primary N) is 1. The molecule has 0 fully saturated rings. The van der Waals surface area contributed by atoms with Crippen molar-refractivity contribution >= 4 is 11.6 Å². The minimum Gasteiger partial charge on any atom is -0.488 e. The third-order valence-electron chi connectivity index (χ3n) is 3.74. The predicted molar refractivity (Wildman–Crippen MR) is 102 cm³/mol. The number of benzene rings is 3.